The summed E-state index contributed by atoms with van der Waals surface area (Å²) in [5, 5.41) is 11.9. The first-order valence-electron chi connectivity index (χ1n) is 6.34. The molecule has 3 N–H and O–H groups in total. The summed E-state index contributed by atoms with van der Waals surface area (Å²) in [7, 11) is 0. The van der Waals surface area contributed by atoms with E-state index in [1.54, 1.807) is 12.1 Å². The van der Waals surface area contributed by atoms with Gasteiger partial charge in [0, 0.05) is 19.5 Å². The highest BCUT2D eigenvalue weighted by molar-refractivity contribution is 5.73. The zero-order valence-corrected chi connectivity index (χ0v) is 10.9. The first-order valence-corrected chi connectivity index (χ1v) is 6.34. The Balaban J connectivity index is 1.59. The summed E-state index contributed by atoms with van der Waals surface area (Å²) in [6, 6.07) is 6.00. The van der Waals surface area contributed by atoms with Crippen LogP contribution in [0.2, 0.25) is 0 Å². The molecule has 0 aliphatic heterocycles. The zero-order chi connectivity index (χ0) is 14.2. The second-order valence-corrected chi connectivity index (χ2v) is 4.24. The monoisotopic (exact) mass is 277 g/mol. The number of carbonyl (C=O) groups is 1. The van der Waals surface area contributed by atoms with Crippen LogP contribution in [-0.2, 0) is 12.8 Å². The zero-order valence-electron chi connectivity index (χ0n) is 10.9. The van der Waals surface area contributed by atoms with E-state index in [1.165, 1.54) is 18.5 Å². The number of urea groups is 1. The van der Waals surface area contributed by atoms with Crippen molar-refractivity contribution >= 4 is 6.03 Å². The first-order chi connectivity index (χ1) is 9.74. The van der Waals surface area contributed by atoms with E-state index < -0.39 is 0 Å². The Morgan fingerprint density at radius 3 is 2.50 bits per heavy atom. The number of hydrogen-bond acceptors (Lipinski definition) is 3. The molecule has 0 bridgehead atoms. The summed E-state index contributed by atoms with van der Waals surface area (Å²) in [5.74, 6) is 0.475. The van der Waals surface area contributed by atoms with E-state index in [4.69, 9.17) is 0 Å². The van der Waals surface area contributed by atoms with Gasteiger partial charge >= 0.3 is 6.03 Å². The lowest BCUT2D eigenvalue weighted by Crippen LogP contribution is -2.37. The molecule has 7 heteroatoms. The Morgan fingerprint density at radius 2 is 1.85 bits per heavy atom. The molecule has 0 fully saturated rings. The van der Waals surface area contributed by atoms with Crippen molar-refractivity contribution in [2.24, 2.45) is 0 Å². The van der Waals surface area contributed by atoms with Crippen molar-refractivity contribution in [3.63, 3.8) is 0 Å². The van der Waals surface area contributed by atoms with Crippen molar-refractivity contribution in [1.82, 2.24) is 25.8 Å². The predicted octanol–water partition coefficient (Wildman–Crippen LogP) is 1.03. The van der Waals surface area contributed by atoms with Crippen LogP contribution in [0.25, 0.3) is 0 Å². The third kappa shape index (κ3) is 4.68. The fourth-order valence-electron chi connectivity index (χ4n) is 1.68. The molecule has 0 aliphatic carbocycles. The van der Waals surface area contributed by atoms with Gasteiger partial charge in [-0.3, -0.25) is 5.10 Å². The van der Waals surface area contributed by atoms with Crippen LogP contribution < -0.4 is 10.6 Å². The van der Waals surface area contributed by atoms with E-state index in [1.807, 2.05) is 0 Å². The molecule has 0 saturated carbocycles. The lowest BCUT2D eigenvalue weighted by Gasteiger charge is -2.07. The third-order valence-electron chi connectivity index (χ3n) is 2.72. The molecule has 1 heterocycles. The topological polar surface area (TPSA) is 82.7 Å². The van der Waals surface area contributed by atoms with E-state index in [9.17, 15) is 9.18 Å². The summed E-state index contributed by atoms with van der Waals surface area (Å²) in [6.07, 6.45) is 2.69. The second-order valence-electron chi connectivity index (χ2n) is 4.24. The van der Waals surface area contributed by atoms with E-state index >= 15 is 0 Å². The van der Waals surface area contributed by atoms with Gasteiger partial charge < -0.3 is 10.6 Å². The first kappa shape index (κ1) is 14.0. The van der Waals surface area contributed by atoms with Gasteiger partial charge in [-0.25, -0.2) is 14.2 Å². The highest BCUT2D eigenvalue weighted by atomic mass is 19.1. The summed E-state index contributed by atoms with van der Waals surface area (Å²) in [6.45, 7) is 0.983. The van der Waals surface area contributed by atoms with Gasteiger partial charge in [-0.05, 0) is 24.1 Å². The average molecular weight is 277 g/mol. The Bertz CT molecular complexity index is 526. The number of amides is 2. The van der Waals surface area contributed by atoms with Crippen LogP contribution in [0.15, 0.2) is 30.6 Å². The number of aromatic amines is 1. The summed E-state index contributed by atoms with van der Waals surface area (Å²) < 4.78 is 12.7. The molecule has 2 aromatic rings. The van der Waals surface area contributed by atoms with E-state index in [-0.39, 0.29) is 11.8 Å². The van der Waals surface area contributed by atoms with E-state index in [2.05, 4.69) is 25.8 Å². The lowest BCUT2D eigenvalue weighted by atomic mass is 10.1. The smallest absolute Gasteiger partial charge is 0.314 e. The number of nitrogens with zero attached hydrogens (tertiary/aromatic N) is 2. The molecule has 0 spiro atoms. The number of hydrogen-bond donors (Lipinski definition) is 3. The van der Waals surface area contributed by atoms with Crippen LogP contribution in [0.5, 0.6) is 0 Å². The number of benzene rings is 1. The molecule has 0 atom stereocenters. The van der Waals surface area contributed by atoms with Crippen molar-refractivity contribution in [3.8, 4) is 0 Å². The summed E-state index contributed by atoms with van der Waals surface area (Å²) >= 11 is 0. The third-order valence-corrected chi connectivity index (χ3v) is 2.72. The minimum Gasteiger partial charge on any atom is -0.338 e. The van der Waals surface area contributed by atoms with Gasteiger partial charge in [0.2, 0.25) is 0 Å². The largest absolute Gasteiger partial charge is 0.338 e. The van der Waals surface area contributed by atoms with Crippen LogP contribution in [-0.4, -0.2) is 34.3 Å². The Morgan fingerprint density at radius 1 is 1.15 bits per heavy atom. The van der Waals surface area contributed by atoms with Gasteiger partial charge in [0.15, 0.2) is 0 Å². The Hall–Kier alpha value is -2.44. The van der Waals surface area contributed by atoms with Crippen LogP contribution in [0.1, 0.15) is 11.4 Å². The van der Waals surface area contributed by atoms with Crippen molar-refractivity contribution < 1.29 is 9.18 Å². The van der Waals surface area contributed by atoms with Crippen LogP contribution in [0.4, 0.5) is 9.18 Å². The second kappa shape index (κ2) is 7.22. The number of aromatic nitrogens is 3. The molecule has 0 aliphatic rings. The molecule has 2 amide bonds. The summed E-state index contributed by atoms with van der Waals surface area (Å²) in [5.41, 5.74) is 0.980. The quantitative estimate of drug-likeness (QED) is 0.737. The number of rotatable bonds is 6. The molecular weight excluding hydrogens is 261 g/mol. The Kier molecular flexibility index (Phi) is 5.05. The number of nitrogens with one attached hydrogen (secondary N) is 3. The van der Waals surface area contributed by atoms with Crippen LogP contribution in [0, 0.1) is 5.82 Å². The Labute approximate surface area is 115 Å². The molecule has 6 nitrogen and oxygen atoms in total. The van der Waals surface area contributed by atoms with Crippen molar-refractivity contribution in [1.29, 1.82) is 0 Å². The average Bonchev–Trinajstić information content (AvgIpc) is 2.94. The molecule has 0 unspecified atom stereocenters. The maximum atomic E-state index is 12.7. The fraction of sp³-hybridized carbons (Fsp3) is 0.308. The molecule has 0 saturated heterocycles. The number of halogens is 1. The highest BCUT2D eigenvalue weighted by Gasteiger charge is 2.01. The van der Waals surface area contributed by atoms with E-state index in [0.29, 0.717) is 25.9 Å². The predicted molar refractivity (Wildman–Crippen MR) is 71.6 cm³/mol. The lowest BCUT2D eigenvalue weighted by molar-refractivity contribution is 0.241. The van der Waals surface area contributed by atoms with Gasteiger partial charge in [-0.1, -0.05) is 12.1 Å². The van der Waals surface area contributed by atoms with Gasteiger partial charge in [0.05, 0.1) is 0 Å². The van der Waals surface area contributed by atoms with Crippen molar-refractivity contribution in [2.45, 2.75) is 12.8 Å². The maximum Gasteiger partial charge on any atom is 0.314 e. The molecule has 1 aromatic heterocycles. The normalized spacial score (nSPS) is 10.2. The van der Waals surface area contributed by atoms with Gasteiger partial charge in [0.1, 0.15) is 18.0 Å². The summed E-state index contributed by atoms with van der Waals surface area (Å²) in [4.78, 5) is 15.4. The van der Waals surface area contributed by atoms with Crippen molar-refractivity contribution in [3.05, 3.63) is 47.8 Å². The van der Waals surface area contributed by atoms with Crippen LogP contribution in [0.3, 0.4) is 0 Å². The minimum atomic E-state index is -0.258. The van der Waals surface area contributed by atoms with Crippen LogP contribution >= 0.6 is 0 Å². The molecular formula is C13H16FN5O. The maximum absolute atomic E-state index is 12.7. The van der Waals surface area contributed by atoms with E-state index in [0.717, 1.165) is 11.4 Å². The molecule has 20 heavy (non-hydrogen) atoms. The standard InChI is InChI=1S/C13H16FN5O/c14-11-3-1-10(2-4-11)5-7-15-13(20)16-8-6-12-17-9-18-19-12/h1-4,9H,5-8H2,(H2,15,16,20)(H,17,18,19). The molecule has 0 radical (unpaired) electrons. The highest BCUT2D eigenvalue weighted by Crippen LogP contribution is 2.02. The molecule has 2 rings (SSSR count). The molecule has 106 valence electrons. The molecule has 1 aromatic carbocycles. The number of H-pyrrole nitrogens is 1. The fourth-order valence-corrected chi connectivity index (χ4v) is 1.68. The van der Waals surface area contributed by atoms with Gasteiger partial charge in [0.25, 0.3) is 0 Å². The van der Waals surface area contributed by atoms with Gasteiger partial charge in [-0.15, -0.1) is 0 Å². The SMILES string of the molecule is O=C(NCCc1ccc(F)cc1)NCCc1ncn[nH]1. The minimum absolute atomic E-state index is 0.230. The number of carbonyl (C=O) groups excluding carboxylic acids is 1. The van der Waals surface area contributed by atoms with Crippen molar-refractivity contribution in [2.75, 3.05) is 13.1 Å². The van der Waals surface area contributed by atoms with Gasteiger partial charge in [-0.2, -0.15) is 5.10 Å².